The zero-order chi connectivity index (χ0) is 33.8. The number of phenols is 1. The largest absolute Gasteiger partial charge is 0.508 e. The predicted molar refractivity (Wildman–Crippen MR) is 167 cm³/mol. The first kappa shape index (κ1) is 32.7. The van der Waals surface area contributed by atoms with Gasteiger partial charge in [-0.3, -0.25) is 19.3 Å². The van der Waals surface area contributed by atoms with E-state index in [-0.39, 0.29) is 36.3 Å². The number of ketones is 2. The van der Waals surface area contributed by atoms with E-state index in [2.05, 4.69) is 5.32 Å². The maximum absolute atomic E-state index is 14.1. The van der Waals surface area contributed by atoms with Gasteiger partial charge in [0.05, 0.1) is 24.3 Å². The normalized spacial score (nSPS) is 24.0. The first-order valence-electron chi connectivity index (χ1n) is 14.7. The van der Waals surface area contributed by atoms with E-state index in [1.807, 2.05) is 19.0 Å². The Morgan fingerprint density at radius 2 is 1.72 bits per heavy atom. The number of fused-ring (bicyclic) bond motifs is 3. The number of aliphatic hydroxyl groups is 3. The molecule has 0 aromatic heterocycles. The first-order chi connectivity index (χ1) is 21.6. The van der Waals surface area contributed by atoms with Crippen LogP contribution in [0.4, 0.5) is 5.69 Å². The number of rotatable bonds is 8. The highest BCUT2D eigenvalue weighted by Gasteiger charge is 2.64. The van der Waals surface area contributed by atoms with Gasteiger partial charge in [-0.25, -0.2) is 4.79 Å². The summed E-state index contributed by atoms with van der Waals surface area (Å²) in [5.74, 6) is -7.33. The Labute approximate surface area is 265 Å². The van der Waals surface area contributed by atoms with Gasteiger partial charge in [0.25, 0.3) is 5.91 Å². The third-order valence-corrected chi connectivity index (χ3v) is 9.28. The summed E-state index contributed by atoms with van der Waals surface area (Å²) >= 11 is 0. The number of methoxy groups -OCH3 is 1. The van der Waals surface area contributed by atoms with Gasteiger partial charge in [0.1, 0.15) is 22.8 Å². The van der Waals surface area contributed by atoms with E-state index in [1.54, 1.807) is 44.4 Å². The average Bonchev–Trinajstić information content (AvgIpc) is 2.99. The smallest absolute Gasteiger partial charge is 0.337 e. The number of aliphatic hydroxyl groups excluding tert-OH is 2. The third kappa shape index (κ3) is 5.00. The molecule has 2 unspecified atom stereocenters. The number of carbonyl (C=O) groups is 4. The minimum absolute atomic E-state index is 0.0114. The first-order valence-corrected chi connectivity index (χ1v) is 14.7. The molecule has 46 heavy (non-hydrogen) atoms. The molecule has 0 aliphatic heterocycles. The molecule has 2 aromatic rings. The highest BCUT2D eigenvalue weighted by Crippen LogP contribution is 2.54. The fourth-order valence-electron chi connectivity index (χ4n) is 7.10. The molecule has 5 rings (SSSR count). The zero-order valence-electron chi connectivity index (χ0n) is 26.2. The van der Waals surface area contributed by atoms with Crippen LogP contribution in [-0.4, -0.2) is 95.7 Å². The number of ether oxygens (including phenoxy) is 1. The molecule has 2 aromatic carbocycles. The second kappa shape index (κ2) is 11.9. The number of nitrogens with two attached hydrogens (primary N) is 1. The molecule has 1 saturated carbocycles. The number of esters is 1. The van der Waals surface area contributed by atoms with E-state index in [9.17, 15) is 39.6 Å². The van der Waals surface area contributed by atoms with Crippen molar-refractivity contribution in [1.82, 2.24) is 10.2 Å². The van der Waals surface area contributed by atoms with Gasteiger partial charge in [-0.1, -0.05) is 12.1 Å². The summed E-state index contributed by atoms with van der Waals surface area (Å²) in [7, 11) is 8.04. The maximum Gasteiger partial charge on any atom is 0.337 e. The molecule has 3 aliphatic carbocycles. The Bertz CT molecular complexity index is 1710. The van der Waals surface area contributed by atoms with Crippen molar-refractivity contribution in [3.8, 4) is 5.75 Å². The van der Waals surface area contributed by atoms with E-state index < -0.39 is 64.0 Å². The summed E-state index contributed by atoms with van der Waals surface area (Å²) < 4.78 is 4.73. The summed E-state index contributed by atoms with van der Waals surface area (Å²) in [4.78, 5) is 54.7. The number of nitrogens with one attached hydrogen (secondary N) is 1. The van der Waals surface area contributed by atoms with Crippen LogP contribution in [0.25, 0.3) is 5.76 Å². The van der Waals surface area contributed by atoms with Crippen molar-refractivity contribution in [3.63, 3.8) is 0 Å². The fourth-order valence-corrected chi connectivity index (χ4v) is 7.10. The van der Waals surface area contributed by atoms with Crippen molar-refractivity contribution in [2.75, 3.05) is 40.2 Å². The van der Waals surface area contributed by atoms with Gasteiger partial charge in [-0.2, -0.15) is 0 Å². The summed E-state index contributed by atoms with van der Waals surface area (Å²) in [6.07, 6.45) is 0.202. The van der Waals surface area contributed by atoms with Gasteiger partial charge in [-0.15, -0.1) is 0 Å². The highest BCUT2D eigenvalue weighted by molar-refractivity contribution is 6.24. The van der Waals surface area contributed by atoms with Crippen LogP contribution in [0.5, 0.6) is 5.75 Å². The number of amides is 1. The molecular formula is C33H38N4O9. The molecule has 0 bridgehead atoms. The lowest BCUT2D eigenvalue weighted by Gasteiger charge is -2.50. The van der Waals surface area contributed by atoms with Gasteiger partial charge in [-0.05, 0) is 62.2 Å². The van der Waals surface area contributed by atoms with E-state index in [0.717, 1.165) is 5.56 Å². The number of hydrogen-bond acceptors (Lipinski definition) is 12. The number of anilines is 1. The SMILES string of the molecule is COC(=O)c1ccc(CNCc2cc(N(C)C)c3c(c2O)C(O)=C2C(=O)[C@]4(O)C(O)=C(C(N)=O)C(=O)[C@H](N(C)C)C4CC2C3)cc1. The Morgan fingerprint density at radius 1 is 1.07 bits per heavy atom. The van der Waals surface area contributed by atoms with Gasteiger partial charge in [0, 0.05) is 49.9 Å². The highest BCUT2D eigenvalue weighted by atomic mass is 16.5. The van der Waals surface area contributed by atoms with Crippen molar-refractivity contribution in [1.29, 1.82) is 0 Å². The van der Waals surface area contributed by atoms with Crippen molar-refractivity contribution < 1.29 is 44.3 Å². The molecule has 1 amide bonds. The predicted octanol–water partition coefficient (Wildman–Crippen LogP) is 1.11. The molecule has 0 heterocycles. The minimum Gasteiger partial charge on any atom is -0.508 e. The van der Waals surface area contributed by atoms with Crippen molar-refractivity contribution in [2.45, 2.75) is 37.6 Å². The molecule has 244 valence electrons. The maximum atomic E-state index is 14.1. The van der Waals surface area contributed by atoms with Gasteiger partial charge < -0.3 is 41.1 Å². The topological polar surface area (TPSA) is 203 Å². The molecule has 1 fully saturated rings. The van der Waals surface area contributed by atoms with E-state index in [4.69, 9.17) is 10.5 Å². The summed E-state index contributed by atoms with van der Waals surface area (Å²) in [6, 6.07) is 7.48. The number of Topliss-reactive ketones (excluding diaryl/α,β-unsaturated/α-hetero) is 2. The van der Waals surface area contributed by atoms with Crippen LogP contribution in [0.1, 0.15) is 39.0 Å². The quantitative estimate of drug-likeness (QED) is 0.179. The molecule has 7 N–H and O–H groups in total. The van der Waals surface area contributed by atoms with Gasteiger partial charge >= 0.3 is 5.97 Å². The summed E-state index contributed by atoms with van der Waals surface area (Å²) in [5, 5.41) is 49.3. The van der Waals surface area contributed by atoms with Crippen LogP contribution in [0.2, 0.25) is 0 Å². The molecule has 0 saturated heterocycles. The lowest BCUT2D eigenvalue weighted by molar-refractivity contribution is -0.153. The zero-order valence-corrected chi connectivity index (χ0v) is 26.2. The third-order valence-electron chi connectivity index (χ3n) is 9.28. The number of benzene rings is 2. The van der Waals surface area contributed by atoms with Crippen molar-refractivity contribution >= 4 is 34.9 Å². The van der Waals surface area contributed by atoms with E-state index in [0.29, 0.717) is 28.9 Å². The second-order valence-corrected chi connectivity index (χ2v) is 12.4. The number of likely N-dealkylation sites (N-methyl/N-ethyl adjacent to an activating group) is 1. The van der Waals surface area contributed by atoms with Crippen molar-refractivity contribution in [2.24, 2.45) is 17.6 Å². The molecular weight excluding hydrogens is 596 g/mol. The van der Waals surface area contributed by atoms with Crippen molar-refractivity contribution in [3.05, 3.63) is 75.1 Å². The Hall–Kier alpha value is -4.72. The number of carbonyl (C=O) groups excluding carboxylic acids is 4. The van der Waals surface area contributed by atoms with E-state index in [1.165, 1.54) is 12.0 Å². The second-order valence-electron chi connectivity index (χ2n) is 12.4. The monoisotopic (exact) mass is 634 g/mol. The van der Waals surface area contributed by atoms with Gasteiger partial charge in [0.15, 0.2) is 11.4 Å². The summed E-state index contributed by atoms with van der Waals surface area (Å²) in [6.45, 7) is 0.555. The van der Waals surface area contributed by atoms with Crippen LogP contribution in [0.15, 0.2) is 47.2 Å². The molecule has 4 atom stereocenters. The van der Waals surface area contributed by atoms with Crippen LogP contribution in [0.3, 0.4) is 0 Å². The average molecular weight is 635 g/mol. The van der Waals surface area contributed by atoms with Crippen LogP contribution in [-0.2, 0) is 38.6 Å². The molecule has 3 aliphatic rings. The molecule has 13 nitrogen and oxygen atoms in total. The Morgan fingerprint density at radius 3 is 2.28 bits per heavy atom. The minimum atomic E-state index is -2.70. The number of hydrogen-bond donors (Lipinski definition) is 6. The van der Waals surface area contributed by atoms with Crippen LogP contribution in [0, 0.1) is 11.8 Å². The van der Waals surface area contributed by atoms with Gasteiger partial charge in [0.2, 0.25) is 5.78 Å². The number of aromatic hydroxyl groups is 1. The lowest BCUT2D eigenvalue weighted by Crippen LogP contribution is -2.65. The number of primary amides is 1. The molecule has 13 heteroatoms. The van der Waals surface area contributed by atoms with Crippen LogP contribution >= 0.6 is 0 Å². The molecule has 0 spiro atoms. The standard InChI is InChI=1S/C33H38N4O9/c1-36(2)21-12-18(14-35-13-15-6-8-16(9-7-15)32(44)46-5)26(38)23-19(21)10-17-11-20-25(37(3)4)28(40)24(31(34)43)30(42)33(20,45)29(41)22(17)27(23)39/h6-9,12,17,20,25,35,38-39,42,45H,10-11,13-14H2,1-5H3,(H2,34,43)/t17?,20?,25-,33+/m1/s1. The van der Waals surface area contributed by atoms with Crippen LogP contribution < -0.4 is 16.0 Å². The summed E-state index contributed by atoms with van der Waals surface area (Å²) in [5.41, 5.74) is 4.64. The number of phenolic OH excluding ortho intramolecular Hbond substituents is 1. The fraction of sp³-hybridized carbons (Fsp3) is 0.394. The van der Waals surface area contributed by atoms with E-state index >= 15 is 0 Å². The molecule has 0 radical (unpaired) electrons. The Balaban J connectivity index is 1.55. The lowest BCUT2D eigenvalue weighted by atomic mass is 9.57. The Kier molecular flexibility index (Phi) is 8.45. The number of nitrogens with zero attached hydrogens (tertiary/aromatic N) is 2.